The van der Waals surface area contributed by atoms with Crippen LogP contribution in [0.3, 0.4) is 0 Å². The molecule has 1 amide bonds. The number of aromatic nitrogens is 3. The van der Waals surface area contributed by atoms with Gasteiger partial charge in [-0.15, -0.1) is 0 Å². The van der Waals surface area contributed by atoms with E-state index in [1.807, 2.05) is 0 Å². The van der Waals surface area contributed by atoms with Crippen molar-refractivity contribution in [1.29, 1.82) is 0 Å². The van der Waals surface area contributed by atoms with Crippen LogP contribution in [0.4, 0.5) is 13.2 Å². The molecule has 1 N–H and O–H groups in total. The second kappa shape index (κ2) is 7.26. The van der Waals surface area contributed by atoms with E-state index in [2.05, 4.69) is 15.1 Å². The minimum atomic E-state index is -4.59. The fourth-order valence-electron chi connectivity index (χ4n) is 3.86. The number of amides is 1. The lowest BCUT2D eigenvalue weighted by Crippen LogP contribution is -2.41. The molecule has 4 rings (SSSR count). The van der Waals surface area contributed by atoms with Gasteiger partial charge in [-0.3, -0.25) is 9.59 Å². The summed E-state index contributed by atoms with van der Waals surface area (Å²) in [5, 5.41) is 3.46. The fourth-order valence-corrected chi connectivity index (χ4v) is 3.86. The quantitative estimate of drug-likeness (QED) is 0.684. The Balaban J connectivity index is 1.67. The Bertz CT molecular complexity index is 1180. The Labute approximate surface area is 168 Å². The lowest BCUT2D eigenvalue weighted by Gasteiger charge is -2.32. The van der Waals surface area contributed by atoms with E-state index in [-0.39, 0.29) is 34.6 Å². The van der Waals surface area contributed by atoms with Gasteiger partial charge in [0.1, 0.15) is 5.56 Å². The largest absolute Gasteiger partial charge is 0.417 e. The molecule has 158 valence electrons. The minimum Gasteiger partial charge on any atom is -0.338 e. The van der Waals surface area contributed by atoms with E-state index in [1.54, 1.807) is 13.0 Å². The molecule has 0 aromatic carbocycles. The number of halogens is 3. The van der Waals surface area contributed by atoms with E-state index >= 15 is 0 Å². The van der Waals surface area contributed by atoms with Crippen molar-refractivity contribution < 1.29 is 22.5 Å². The SMILES string of the molecule is Cc1ccc(C(=O)N2CCC[C@@H](c3cc(C(F)(F)F)c4c(C)noc4n3)C2)c(=O)[nH]1. The third-order valence-corrected chi connectivity index (χ3v) is 5.35. The van der Waals surface area contributed by atoms with Gasteiger partial charge in [-0.2, -0.15) is 13.2 Å². The molecule has 30 heavy (non-hydrogen) atoms. The first-order chi connectivity index (χ1) is 14.1. The summed E-state index contributed by atoms with van der Waals surface area (Å²) in [6.45, 7) is 3.72. The van der Waals surface area contributed by atoms with Gasteiger partial charge in [-0.25, -0.2) is 4.98 Å². The van der Waals surface area contributed by atoms with Crippen LogP contribution in [-0.2, 0) is 6.18 Å². The zero-order chi connectivity index (χ0) is 21.6. The Kier molecular flexibility index (Phi) is 4.87. The van der Waals surface area contributed by atoms with Crippen molar-refractivity contribution in [3.8, 4) is 0 Å². The highest BCUT2D eigenvalue weighted by Gasteiger charge is 2.37. The molecule has 0 saturated carbocycles. The van der Waals surface area contributed by atoms with Crippen molar-refractivity contribution in [2.75, 3.05) is 13.1 Å². The third kappa shape index (κ3) is 3.57. The molecule has 0 radical (unpaired) electrons. The van der Waals surface area contributed by atoms with Crippen molar-refractivity contribution >= 4 is 17.0 Å². The summed E-state index contributed by atoms with van der Waals surface area (Å²) in [4.78, 5) is 33.3. The Morgan fingerprint density at radius 1 is 1.30 bits per heavy atom. The van der Waals surface area contributed by atoms with Crippen molar-refractivity contribution in [2.45, 2.75) is 38.8 Å². The maximum atomic E-state index is 13.6. The molecular formula is C20H19F3N4O3. The molecule has 4 heterocycles. The van der Waals surface area contributed by atoms with Crippen molar-refractivity contribution in [3.63, 3.8) is 0 Å². The van der Waals surface area contributed by atoms with Crippen LogP contribution in [0.5, 0.6) is 0 Å². The molecule has 10 heteroatoms. The van der Waals surface area contributed by atoms with E-state index < -0.39 is 29.1 Å². The molecule has 0 unspecified atom stereocenters. The monoisotopic (exact) mass is 420 g/mol. The summed E-state index contributed by atoms with van der Waals surface area (Å²) in [5.41, 5.74) is -0.551. The van der Waals surface area contributed by atoms with Gasteiger partial charge < -0.3 is 14.4 Å². The summed E-state index contributed by atoms with van der Waals surface area (Å²) in [6.07, 6.45) is -3.45. The highest BCUT2D eigenvalue weighted by molar-refractivity contribution is 5.94. The molecule has 0 bridgehead atoms. The van der Waals surface area contributed by atoms with Crippen LogP contribution in [0.2, 0.25) is 0 Å². The van der Waals surface area contributed by atoms with E-state index in [1.165, 1.54) is 17.9 Å². The predicted octanol–water partition coefficient (Wildman–Crippen LogP) is 3.57. The zero-order valence-electron chi connectivity index (χ0n) is 16.3. The number of hydrogen-bond donors (Lipinski definition) is 1. The number of carbonyl (C=O) groups excluding carboxylic acids is 1. The number of aryl methyl sites for hydroxylation is 2. The van der Waals surface area contributed by atoms with Gasteiger partial charge in [0.05, 0.1) is 22.3 Å². The molecule has 0 spiro atoms. The van der Waals surface area contributed by atoms with Crippen molar-refractivity contribution in [2.24, 2.45) is 0 Å². The van der Waals surface area contributed by atoms with E-state index in [4.69, 9.17) is 4.52 Å². The number of alkyl halides is 3. The summed E-state index contributed by atoms with van der Waals surface area (Å²) in [5.74, 6) is -0.864. The summed E-state index contributed by atoms with van der Waals surface area (Å²) >= 11 is 0. The smallest absolute Gasteiger partial charge is 0.338 e. The zero-order valence-corrected chi connectivity index (χ0v) is 16.3. The molecule has 1 aliphatic rings. The average Bonchev–Trinajstić information content (AvgIpc) is 3.07. The molecule has 1 fully saturated rings. The number of likely N-dealkylation sites (tertiary alicyclic amines) is 1. The highest BCUT2D eigenvalue weighted by Crippen LogP contribution is 2.38. The Hall–Kier alpha value is -3.17. The number of fused-ring (bicyclic) bond motifs is 1. The van der Waals surface area contributed by atoms with Gasteiger partial charge in [0.15, 0.2) is 0 Å². The van der Waals surface area contributed by atoms with Gasteiger partial charge >= 0.3 is 6.18 Å². The molecule has 1 aliphatic heterocycles. The summed E-state index contributed by atoms with van der Waals surface area (Å²) in [7, 11) is 0. The molecule has 0 aliphatic carbocycles. The fraction of sp³-hybridized carbons (Fsp3) is 0.400. The van der Waals surface area contributed by atoms with Gasteiger partial charge in [0.25, 0.3) is 17.2 Å². The number of carbonyl (C=O) groups is 1. The molecule has 1 saturated heterocycles. The first-order valence-electron chi connectivity index (χ1n) is 9.48. The normalized spacial score (nSPS) is 17.5. The van der Waals surface area contributed by atoms with Gasteiger partial charge in [0.2, 0.25) is 0 Å². The number of hydrogen-bond acceptors (Lipinski definition) is 5. The standard InChI is InChI=1S/C20H19F3N4O3/c1-10-5-6-13(17(28)24-10)19(29)27-7-3-4-12(9-27)15-8-14(20(21,22)23)16-11(2)26-30-18(16)25-15/h5-6,8,12H,3-4,7,9H2,1-2H3,(H,24,28)/t12-/m1/s1. The molecule has 3 aromatic heterocycles. The summed E-state index contributed by atoms with van der Waals surface area (Å²) in [6, 6.07) is 4.11. The maximum Gasteiger partial charge on any atom is 0.417 e. The van der Waals surface area contributed by atoms with Crippen molar-refractivity contribution in [1.82, 2.24) is 20.0 Å². The number of piperidine rings is 1. The maximum absolute atomic E-state index is 13.6. The van der Waals surface area contributed by atoms with Gasteiger partial charge in [-0.1, -0.05) is 5.16 Å². The van der Waals surface area contributed by atoms with Gasteiger partial charge in [0, 0.05) is 24.7 Å². The van der Waals surface area contributed by atoms with E-state index in [0.29, 0.717) is 25.1 Å². The third-order valence-electron chi connectivity index (χ3n) is 5.35. The number of nitrogens with one attached hydrogen (secondary N) is 1. The second-order valence-corrected chi connectivity index (χ2v) is 7.52. The number of pyridine rings is 2. The highest BCUT2D eigenvalue weighted by atomic mass is 19.4. The first-order valence-corrected chi connectivity index (χ1v) is 9.48. The van der Waals surface area contributed by atoms with Crippen LogP contribution in [0.25, 0.3) is 11.1 Å². The topological polar surface area (TPSA) is 92.1 Å². The van der Waals surface area contributed by atoms with Crippen molar-refractivity contribution in [3.05, 3.63) is 56.8 Å². The molecule has 7 nitrogen and oxygen atoms in total. The second-order valence-electron chi connectivity index (χ2n) is 7.52. The minimum absolute atomic E-state index is 0.00602. The number of rotatable bonds is 2. The lowest BCUT2D eigenvalue weighted by atomic mass is 9.92. The molecule has 3 aromatic rings. The van der Waals surface area contributed by atoms with Crippen LogP contribution in [-0.4, -0.2) is 39.0 Å². The van der Waals surface area contributed by atoms with Crippen LogP contribution in [0, 0.1) is 13.8 Å². The number of H-pyrrole nitrogens is 1. The van der Waals surface area contributed by atoms with Crippen LogP contribution >= 0.6 is 0 Å². The van der Waals surface area contributed by atoms with Crippen LogP contribution in [0.1, 0.15) is 51.8 Å². The first kappa shape index (κ1) is 20.1. The Morgan fingerprint density at radius 2 is 2.07 bits per heavy atom. The Morgan fingerprint density at radius 3 is 2.77 bits per heavy atom. The van der Waals surface area contributed by atoms with Crippen LogP contribution < -0.4 is 5.56 Å². The van der Waals surface area contributed by atoms with Crippen LogP contribution in [0.15, 0.2) is 27.5 Å². The molecular weight excluding hydrogens is 401 g/mol. The number of aromatic amines is 1. The average molecular weight is 420 g/mol. The van der Waals surface area contributed by atoms with E-state index in [0.717, 1.165) is 6.07 Å². The lowest BCUT2D eigenvalue weighted by molar-refractivity contribution is -0.136. The summed E-state index contributed by atoms with van der Waals surface area (Å²) < 4.78 is 45.9. The molecule has 1 atom stereocenters. The number of nitrogens with zero attached hydrogens (tertiary/aromatic N) is 3. The predicted molar refractivity (Wildman–Crippen MR) is 101 cm³/mol. The van der Waals surface area contributed by atoms with E-state index in [9.17, 15) is 22.8 Å². The van der Waals surface area contributed by atoms with Gasteiger partial charge in [-0.05, 0) is 44.9 Å².